The molecule has 0 bridgehead atoms. The molecule has 0 saturated carbocycles. The molecule has 0 unspecified atom stereocenters. The number of ether oxygens (including phenoxy) is 1. The van der Waals surface area contributed by atoms with Crippen molar-refractivity contribution in [3.05, 3.63) is 30.1 Å². The Morgan fingerprint density at radius 2 is 2.10 bits per heavy atom. The molecule has 0 atom stereocenters. The van der Waals surface area contributed by atoms with Crippen LogP contribution in [0.4, 0.5) is 10.3 Å². The van der Waals surface area contributed by atoms with Gasteiger partial charge in [-0.2, -0.15) is 0 Å². The van der Waals surface area contributed by atoms with E-state index in [1.165, 1.54) is 12.1 Å². The molecule has 1 aliphatic heterocycles. The second-order valence-corrected chi connectivity index (χ2v) is 5.86. The molecule has 0 aliphatic carbocycles. The molecular weight excluding hydrogens is 291 g/mol. The predicted molar refractivity (Wildman–Crippen MR) is 80.7 cm³/mol. The van der Waals surface area contributed by atoms with Gasteiger partial charge in [0.05, 0.1) is 18.9 Å². The van der Waals surface area contributed by atoms with Crippen LogP contribution in [0.1, 0.15) is 6.92 Å². The van der Waals surface area contributed by atoms with Gasteiger partial charge in [0, 0.05) is 13.1 Å². The molecular formula is C14H17FN4OS. The molecule has 2 heterocycles. The summed E-state index contributed by atoms with van der Waals surface area (Å²) in [6.45, 7) is 4.94. The van der Waals surface area contributed by atoms with Gasteiger partial charge in [0.15, 0.2) is 5.16 Å². The highest BCUT2D eigenvalue weighted by Crippen LogP contribution is 2.27. The van der Waals surface area contributed by atoms with Gasteiger partial charge in [0.1, 0.15) is 5.82 Å². The maximum absolute atomic E-state index is 13.6. The first-order valence-corrected chi connectivity index (χ1v) is 7.95. The molecule has 0 N–H and O–H groups in total. The summed E-state index contributed by atoms with van der Waals surface area (Å²) in [5, 5.41) is 9.34. The lowest BCUT2D eigenvalue weighted by atomic mass is 10.3. The van der Waals surface area contributed by atoms with E-state index < -0.39 is 0 Å². The summed E-state index contributed by atoms with van der Waals surface area (Å²) in [5.74, 6) is 1.37. The van der Waals surface area contributed by atoms with E-state index in [9.17, 15) is 4.39 Å². The van der Waals surface area contributed by atoms with Crippen molar-refractivity contribution in [1.29, 1.82) is 0 Å². The second-order valence-electron chi connectivity index (χ2n) is 4.63. The molecule has 21 heavy (non-hydrogen) atoms. The third kappa shape index (κ3) is 3.03. The van der Waals surface area contributed by atoms with Gasteiger partial charge < -0.3 is 9.64 Å². The highest BCUT2D eigenvalue weighted by atomic mass is 32.2. The molecule has 1 saturated heterocycles. The predicted octanol–water partition coefficient (Wildman–Crippen LogP) is 2.36. The number of anilines is 1. The topological polar surface area (TPSA) is 43.2 Å². The summed E-state index contributed by atoms with van der Waals surface area (Å²) in [4.78, 5) is 2.13. The number of benzene rings is 1. The first-order chi connectivity index (χ1) is 10.3. The van der Waals surface area contributed by atoms with E-state index in [1.807, 2.05) is 10.6 Å². The van der Waals surface area contributed by atoms with Crippen molar-refractivity contribution < 1.29 is 9.13 Å². The smallest absolute Gasteiger partial charge is 0.232 e. The standard InChI is InChI=1S/C14H17FN4OS/c1-2-21-14-17-16-13(18-6-8-20-9-7-18)19(14)12-5-3-4-11(15)10-12/h3-5,10H,2,6-9H2,1H3. The first-order valence-electron chi connectivity index (χ1n) is 6.96. The van der Waals surface area contributed by atoms with Crippen molar-refractivity contribution >= 4 is 17.7 Å². The van der Waals surface area contributed by atoms with Crippen LogP contribution in [0.15, 0.2) is 29.4 Å². The zero-order valence-corrected chi connectivity index (χ0v) is 12.6. The van der Waals surface area contributed by atoms with E-state index in [-0.39, 0.29) is 5.82 Å². The van der Waals surface area contributed by atoms with Crippen LogP contribution in [0, 0.1) is 5.82 Å². The van der Waals surface area contributed by atoms with Gasteiger partial charge in [0.2, 0.25) is 5.95 Å². The average molecular weight is 308 g/mol. The van der Waals surface area contributed by atoms with Gasteiger partial charge in [0.25, 0.3) is 0 Å². The zero-order chi connectivity index (χ0) is 14.7. The van der Waals surface area contributed by atoms with E-state index in [1.54, 1.807) is 17.8 Å². The third-order valence-corrected chi connectivity index (χ3v) is 4.06. The van der Waals surface area contributed by atoms with E-state index in [0.29, 0.717) is 13.2 Å². The second kappa shape index (κ2) is 6.44. The SMILES string of the molecule is CCSc1nnc(N2CCOCC2)n1-c1cccc(F)c1. The fourth-order valence-corrected chi connectivity index (χ4v) is 2.97. The van der Waals surface area contributed by atoms with E-state index in [2.05, 4.69) is 22.0 Å². The Morgan fingerprint density at radius 1 is 1.29 bits per heavy atom. The fourth-order valence-electron chi connectivity index (χ4n) is 2.29. The number of nitrogens with zero attached hydrogens (tertiary/aromatic N) is 4. The minimum absolute atomic E-state index is 0.262. The van der Waals surface area contributed by atoms with Gasteiger partial charge in [-0.1, -0.05) is 24.8 Å². The van der Waals surface area contributed by atoms with Gasteiger partial charge in [-0.3, -0.25) is 4.57 Å². The minimum atomic E-state index is -0.262. The van der Waals surface area contributed by atoms with Crippen LogP contribution in [0.2, 0.25) is 0 Å². The molecule has 0 spiro atoms. The Morgan fingerprint density at radius 3 is 2.81 bits per heavy atom. The zero-order valence-electron chi connectivity index (χ0n) is 11.8. The Kier molecular flexibility index (Phi) is 4.40. The summed E-state index contributed by atoms with van der Waals surface area (Å²) in [6.07, 6.45) is 0. The average Bonchev–Trinajstić information content (AvgIpc) is 2.92. The van der Waals surface area contributed by atoms with Crippen LogP contribution >= 0.6 is 11.8 Å². The lowest BCUT2D eigenvalue weighted by Crippen LogP contribution is -2.37. The Bertz CT molecular complexity index is 613. The Hall–Kier alpha value is -1.60. The van der Waals surface area contributed by atoms with Crippen LogP contribution in [-0.2, 0) is 4.74 Å². The third-order valence-electron chi connectivity index (χ3n) is 3.25. The lowest BCUT2D eigenvalue weighted by Gasteiger charge is -2.27. The number of aromatic nitrogens is 3. The fraction of sp³-hybridized carbons (Fsp3) is 0.429. The Balaban J connectivity index is 2.04. The van der Waals surface area contributed by atoms with E-state index in [0.717, 1.165) is 35.6 Å². The molecule has 2 aromatic rings. The van der Waals surface area contributed by atoms with Gasteiger partial charge in [-0.25, -0.2) is 4.39 Å². The van der Waals surface area contributed by atoms with Gasteiger partial charge in [-0.15, -0.1) is 10.2 Å². The molecule has 0 radical (unpaired) electrons. The van der Waals surface area contributed by atoms with Crippen molar-refractivity contribution in [2.75, 3.05) is 37.0 Å². The molecule has 3 rings (SSSR count). The van der Waals surface area contributed by atoms with Crippen LogP contribution in [0.25, 0.3) is 5.69 Å². The number of rotatable bonds is 4. The van der Waals surface area contributed by atoms with Gasteiger partial charge >= 0.3 is 0 Å². The molecule has 1 aromatic carbocycles. The van der Waals surface area contributed by atoms with Crippen LogP contribution in [0.3, 0.4) is 0 Å². The van der Waals surface area contributed by atoms with E-state index >= 15 is 0 Å². The van der Waals surface area contributed by atoms with Crippen LogP contribution < -0.4 is 4.90 Å². The molecule has 1 aliphatic rings. The number of halogens is 1. The minimum Gasteiger partial charge on any atom is -0.378 e. The lowest BCUT2D eigenvalue weighted by molar-refractivity contribution is 0.122. The number of hydrogen-bond donors (Lipinski definition) is 0. The molecule has 7 heteroatoms. The maximum atomic E-state index is 13.6. The molecule has 1 aromatic heterocycles. The van der Waals surface area contributed by atoms with Crippen molar-refractivity contribution in [2.24, 2.45) is 0 Å². The monoisotopic (exact) mass is 308 g/mol. The molecule has 112 valence electrons. The highest BCUT2D eigenvalue weighted by Gasteiger charge is 2.21. The van der Waals surface area contributed by atoms with Crippen LogP contribution in [0.5, 0.6) is 0 Å². The summed E-state index contributed by atoms with van der Waals surface area (Å²) < 4.78 is 20.9. The number of thioether (sulfide) groups is 1. The van der Waals surface area contributed by atoms with Crippen molar-refractivity contribution in [3.8, 4) is 5.69 Å². The van der Waals surface area contributed by atoms with Crippen molar-refractivity contribution in [1.82, 2.24) is 14.8 Å². The molecule has 1 fully saturated rings. The van der Waals surface area contributed by atoms with Crippen molar-refractivity contribution in [2.45, 2.75) is 12.1 Å². The maximum Gasteiger partial charge on any atom is 0.232 e. The highest BCUT2D eigenvalue weighted by molar-refractivity contribution is 7.99. The molecule has 0 amide bonds. The quantitative estimate of drug-likeness (QED) is 0.811. The largest absolute Gasteiger partial charge is 0.378 e. The summed E-state index contributed by atoms with van der Waals surface area (Å²) in [7, 11) is 0. The van der Waals surface area contributed by atoms with Crippen LogP contribution in [-0.4, -0.2) is 46.8 Å². The number of hydrogen-bond acceptors (Lipinski definition) is 5. The number of morpholine rings is 1. The normalized spacial score (nSPS) is 15.4. The summed E-state index contributed by atoms with van der Waals surface area (Å²) in [6, 6.07) is 6.52. The Labute approximate surface area is 127 Å². The summed E-state index contributed by atoms with van der Waals surface area (Å²) in [5.41, 5.74) is 0.748. The first kappa shape index (κ1) is 14.3. The van der Waals surface area contributed by atoms with Gasteiger partial charge in [-0.05, 0) is 24.0 Å². The molecule has 5 nitrogen and oxygen atoms in total. The van der Waals surface area contributed by atoms with Crippen molar-refractivity contribution in [3.63, 3.8) is 0 Å². The van der Waals surface area contributed by atoms with E-state index in [4.69, 9.17) is 4.74 Å². The summed E-state index contributed by atoms with van der Waals surface area (Å²) >= 11 is 1.60.